The van der Waals surface area contributed by atoms with Crippen LogP contribution in [0.25, 0.3) is 0 Å². The van der Waals surface area contributed by atoms with Crippen LogP contribution < -0.4 is 0 Å². The van der Waals surface area contributed by atoms with E-state index in [4.69, 9.17) is 4.42 Å². The first-order valence-corrected chi connectivity index (χ1v) is 10.3. The van der Waals surface area contributed by atoms with Crippen LogP contribution in [0.1, 0.15) is 66.8 Å². The summed E-state index contributed by atoms with van der Waals surface area (Å²) in [7, 11) is 0. The lowest BCUT2D eigenvalue weighted by atomic mass is 9.93. The van der Waals surface area contributed by atoms with Gasteiger partial charge in [0.05, 0.1) is 6.54 Å². The van der Waals surface area contributed by atoms with E-state index in [0.717, 1.165) is 43.8 Å². The minimum Gasteiger partial charge on any atom is -0.455 e. The fourth-order valence-electron chi connectivity index (χ4n) is 4.32. The molecule has 0 spiro atoms. The van der Waals surface area contributed by atoms with Gasteiger partial charge in [0, 0.05) is 25.0 Å². The first kappa shape index (κ1) is 18.2. The van der Waals surface area contributed by atoms with E-state index in [-0.39, 0.29) is 5.91 Å². The predicted octanol–water partition coefficient (Wildman–Crippen LogP) is 4.25. The number of carbonyl (C=O) groups excluding carboxylic acids is 1. The second-order valence-corrected chi connectivity index (χ2v) is 7.83. The number of likely N-dealkylation sites (tertiary alicyclic amines) is 1. The van der Waals surface area contributed by atoms with E-state index >= 15 is 0 Å². The summed E-state index contributed by atoms with van der Waals surface area (Å²) >= 11 is 0. The zero-order valence-corrected chi connectivity index (χ0v) is 16.0. The molecule has 0 bridgehead atoms. The minimum absolute atomic E-state index is 0.0198. The summed E-state index contributed by atoms with van der Waals surface area (Å²) in [6.07, 6.45) is 11.9. The standard InChI is InChI=1S/C22H29N3O2/c26-22(21-9-8-20(27-21)17-24-14-4-5-15-24)25(19-6-2-1-3-7-19)16-18-10-12-23-13-11-18/h8-13,19H,1-7,14-17H2. The first-order valence-electron chi connectivity index (χ1n) is 10.3. The van der Waals surface area contributed by atoms with E-state index in [0.29, 0.717) is 18.3 Å². The lowest BCUT2D eigenvalue weighted by molar-refractivity contribution is 0.0578. The number of carbonyl (C=O) groups is 1. The molecule has 2 aromatic rings. The molecule has 1 amide bonds. The maximum Gasteiger partial charge on any atom is 0.290 e. The summed E-state index contributed by atoms with van der Waals surface area (Å²) in [5.41, 5.74) is 1.12. The maximum absolute atomic E-state index is 13.3. The topological polar surface area (TPSA) is 49.6 Å². The molecule has 0 atom stereocenters. The average Bonchev–Trinajstić information content (AvgIpc) is 3.40. The van der Waals surface area contributed by atoms with E-state index in [1.165, 1.54) is 32.1 Å². The molecule has 1 aliphatic carbocycles. The third-order valence-corrected chi connectivity index (χ3v) is 5.83. The van der Waals surface area contributed by atoms with Gasteiger partial charge in [0.25, 0.3) is 5.91 Å². The van der Waals surface area contributed by atoms with Crippen molar-refractivity contribution in [3.05, 3.63) is 53.7 Å². The van der Waals surface area contributed by atoms with Crippen LogP contribution in [-0.2, 0) is 13.1 Å². The van der Waals surface area contributed by atoms with Crippen molar-refractivity contribution in [3.8, 4) is 0 Å². The van der Waals surface area contributed by atoms with Crippen LogP contribution >= 0.6 is 0 Å². The fourth-order valence-corrected chi connectivity index (χ4v) is 4.32. The molecule has 1 aliphatic heterocycles. The second-order valence-electron chi connectivity index (χ2n) is 7.83. The van der Waals surface area contributed by atoms with E-state index in [9.17, 15) is 4.79 Å². The van der Waals surface area contributed by atoms with Gasteiger partial charge >= 0.3 is 0 Å². The Bertz CT molecular complexity index is 731. The number of hydrogen-bond acceptors (Lipinski definition) is 4. The molecule has 0 radical (unpaired) electrons. The monoisotopic (exact) mass is 367 g/mol. The molecular weight excluding hydrogens is 338 g/mol. The summed E-state index contributed by atoms with van der Waals surface area (Å²) in [6, 6.07) is 8.10. The van der Waals surface area contributed by atoms with Crippen molar-refractivity contribution in [1.82, 2.24) is 14.8 Å². The smallest absolute Gasteiger partial charge is 0.290 e. The number of hydrogen-bond donors (Lipinski definition) is 0. The van der Waals surface area contributed by atoms with Crippen LogP contribution in [0.15, 0.2) is 41.1 Å². The SMILES string of the molecule is O=C(c1ccc(CN2CCCC2)o1)N(Cc1ccncc1)C1CCCCC1. The van der Waals surface area contributed by atoms with E-state index in [1.54, 1.807) is 12.4 Å². The molecule has 4 rings (SSSR count). The Morgan fingerprint density at radius 1 is 1.04 bits per heavy atom. The zero-order chi connectivity index (χ0) is 18.5. The molecule has 2 aromatic heterocycles. The molecule has 0 unspecified atom stereocenters. The number of amides is 1. The quantitative estimate of drug-likeness (QED) is 0.766. The molecule has 3 heterocycles. The van der Waals surface area contributed by atoms with Crippen LogP contribution in [0.2, 0.25) is 0 Å². The zero-order valence-electron chi connectivity index (χ0n) is 16.0. The van der Waals surface area contributed by atoms with Gasteiger partial charge in [-0.25, -0.2) is 0 Å². The highest BCUT2D eigenvalue weighted by Crippen LogP contribution is 2.26. The van der Waals surface area contributed by atoms with Crippen LogP contribution in [0, 0.1) is 0 Å². The van der Waals surface area contributed by atoms with E-state index in [1.807, 2.05) is 29.2 Å². The Labute approximate surface area is 161 Å². The van der Waals surface area contributed by atoms with E-state index < -0.39 is 0 Å². The number of furan rings is 1. The van der Waals surface area contributed by atoms with Crippen molar-refractivity contribution < 1.29 is 9.21 Å². The van der Waals surface area contributed by atoms with Crippen molar-refractivity contribution in [2.24, 2.45) is 0 Å². The molecule has 2 aliphatic rings. The molecule has 2 fully saturated rings. The van der Waals surface area contributed by atoms with Crippen molar-refractivity contribution in [2.75, 3.05) is 13.1 Å². The second kappa shape index (κ2) is 8.70. The molecule has 5 nitrogen and oxygen atoms in total. The molecule has 0 N–H and O–H groups in total. The highest BCUT2D eigenvalue weighted by molar-refractivity contribution is 5.91. The highest BCUT2D eigenvalue weighted by atomic mass is 16.4. The number of aromatic nitrogens is 1. The van der Waals surface area contributed by atoms with Gasteiger partial charge in [-0.05, 0) is 68.6 Å². The van der Waals surface area contributed by atoms with Crippen molar-refractivity contribution in [3.63, 3.8) is 0 Å². The predicted molar refractivity (Wildman–Crippen MR) is 104 cm³/mol. The average molecular weight is 367 g/mol. The highest BCUT2D eigenvalue weighted by Gasteiger charge is 2.28. The Hall–Kier alpha value is -2.14. The lowest BCUT2D eigenvalue weighted by Crippen LogP contribution is -2.40. The van der Waals surface area contributed by atoms with Gasteiger partial charge in [-0.3, -0.25) is 14.7 Å². The van der Waals surface area contributed by atoms with E-state index in [2.05, 4.69) is 9.88 Å². The molecule has 0 aromatic carbocycles. The summed E-state index contributed by atoms with van der Waals surface area (Å²) < 4.78 is 5.97. The largest absolute Gasteiger partial charge is 0.455 e. The van der Waals surface area contributed by atoms with Crippen molar-refractivity contribution in [1.29, 1.82) is 0 Å². The van der Waals surface area contributed by atoms with Gasteiger partial charge in [0.2, 0.25) is 0 Å². The summed E-state index contributed by atoms with van der Waals surface area (Å²) in [5, 5.41) is 0. The maximum atomic E-state index is 13.3. The minimum atomic E-state index is 0.0198. The number of rotatable bonds is 6. The normalized spacial score (nSPS) is 18.7. The van der Waals surface area contributed by atoms with Gasteiger partial charge in [-0.1, -0.05) is 19.3 Å². The van der Waals surface area contributed by atoms with Crippen LogP contribution in [-0.4, -0.2) is 39.8 Å². The third-order valence-electron chi connectivity index (χ3n) is 5.83. The number of pyridine rings is 1. The van der Waals surface area contributed by atoms with Crippen molar-refractivity contribution >= 4 is 5.91 Å². The molecule has 1 saturated carbocycles. The number of nitrogens with zero attached hydrogens (tertiary/aromatic N) is 3. The van der Waals surface area contributed by atoms with Crippen LogP contribution in [0.4, 0.5) is 0 Å². The Morgan fingerprint density at radius 3 is 2.52 bits per heavy atom. The summed E-state index contributed by atoms with van der Waals surface area (Å²) in [6.45, 7) is 3.68. The Kier molecular flexibility index (Phi) is 5.87. The van der Waals surface area contributed by atoms with Gasteiger partial charge in [0.15, 0.2) is 5.76 Å². The van der Waals surface area contributed by atoms with Crippen LogP contribution in [0.3, 0.4) is 0 Å². The lowest BCUT2D eigenvalue weighted by Gasteiger charge is -2.34. The Balaban J connectivity index is 1.49. The first-order chi connectivity index (χ1) is 13.3. The van der Waals surface area contributed by atoms with Gasteiger partial charge < -0.3 is 9.32 Å². The molecular formula is C22H29N3O2. The third kappa shape index (κ3) is 4.59. The Morgan fingerprint density at radius 2 is 1.78 bits per heavy atom. The van der Waals surface area contributed by atoms with Gasteiger partial charge in [-0.15, -0.1) is 0 Å². The molecule has 5 heteroatoms. The van der Waals surface area contributed by atoms with Gasteiger partial charge in [0.1, 0.15) is 5.76 Å². The fraction of sp³-hybridized carbons (Fsp3) is 0.545. The molecule has 27 heavy (non-hydrogen) atoms. The van der Waals surface area contributed by atoms with Crippen molar-refractivity contribution in [2.45, 2.75) is 64.1 Å². The summed E-state index contributed by atoms with van der Waals surface area (Å²) in [5.74, 6) is 1.39. The molecule has 144 valence electrons. The van der Waals surface area contributed by atoms with Gasteiger partial charge in [-0.2, -0.15) is 0 Å². The van der Waals surface area contributed by atoms with Crippen LogP contribution in [0.5, 0.6) is 0 Å². The summed E-state index contributed by atoms with van der Waals surface area (Å²) in [4.78, 5) is 21.8. The molecule has 1 saturated heterocycles.